The van der Waals surface area contributed by atoms with Crippen molar-refractivity contribution >= 4 is 21.8 Å². The molecular weight excluding hydrogens is 256 g/mol. The average Bonchev–Trinajstić information content (AvgIpc) is 2.84. The molecule has 0 aliphatic carbocycles. The van der Waals surface area contributed by atoms with Crippen LogP contribution < -0.4 is 0 Å². The first-order chi connectivity index (χ1) is 10.3. The number of nitrogens with zero attached hydrogens (tertiary/aromatic N) is 2. The molecule has 0 amide bonds. The number of rotatable bonds is 2. The summed E-state index contributed by atoms with van der Waals surface area (Å²) in [4.78, 5) is 4.45. The predicted octanol–water partition coefficient (Wildman–Crippen LogP) is 4.55. The lowest BCUT2D eigenvalue weighted by Crippen LogP contribution is -2.02. The lowest BCUT2D eigenvalue weighted by Gasteiger charge is -2.11. The summed E-state index contributed by atoms with van der Waals surface area (Å²) in [6, 6.07) is 21.3. The van der Waals surface area contributed by atoms with E-state index in [1.54, 1.807) is 0 Å². The van der Waals surface area contributed by atoms with Crippen molar-refractivity contribution in [3.63, 3.8) is 0 Å². The molecule has 0 radical (unpaired) electrons. The van der Waals surface area contributed by atoms with Crippen molar-refractivity contribution in [2.45, 2.75) is 13.5 Å². The zero-order chi connectivity index (χ0) is 14.2. The SMILES string of the molecule is Cc1cc2ccccc2n1Cc1ccnc2ccccc12. The molecule has 2 aromatic carbocycles. The Bertz CT molecular complexity index is 929. The number of hydrogen-bond acceptors (Lipinski definition) is 1. The molecule has 0 bridgehead atoms. The van der Waals surface area contributed by atoms with E-state index in [1.165, 1.54) is 27.5 Å². The van der Waals surface area contributed by atoms with E-state index in [1.807, 2.05) is 12.3 Å². The number of fused-ring (bicyclic) bond motifs is 2. The minimum absolute atomic E-state index is 0.877. The maximum Gasteiger partial charge on any atom is 0.0705 e. The van der Waals surface area contributed by atoms with E-state index in [0.717, 1.165) is 12.1 Å². The largest absolute Gasteiger partial charge is 0.340 e. The Morgan fingerprint density at radius 1 is 0.952 bits per heavy atom. The average molecular weight is 272 g/mol. The highest BCUT2D eigenvalue weighted by Crippen LogP contribution is 2.23. The highest BCUT2D eigenvalue weighted by Gasteiger charge is 2.07. The molecule has 4 rings (SSSR count). The summed E-state index contributed by atoms with van der Waals surface area (Å²) in [6.07, 6.45) is 1.90. The Kier molecular flexibility index (Phi) is 2.74. The molecule has 0 N–H and O–H groups in total. The van der Waals surface area contributed by atoms with E-state index >= 15 is 0 Å². The summed E-state index contributed by atoms with van der Waals surface area (Å²) >= 11 is 0. The molecule has 0 saturated carbocycles. The van der Waals surface area contributed by atoms with Crippen molar-refractivity contribution in [1.82, 2.24) is 9.55 Å². The van der Waals surface area contributed by atoms with Crippen LogP contribution in [0.5, 0.6) is 0 Å². The van der Waals surface area contributed by atoms with Gasteiger partial charge in [0.2, 0.25) is 0 Å². The van der Waals surface area contributed by atoms with E-state index in [2.05, 4.69) is 71.1 Å². The Morgan fingerprint density at radius 2 is 1.76 bits per heavy atom. The van der Waals surface area contributed by atoms with Crippen LogP contribution in [0, 0.1) is 6.92 Å². The van der Waals surface area contributed by atoms with Crippen LogP contribution in [0.25, 0.3) is 21.8 Å². The van der Waals surface area contributed by atoms with Crippen LogP contribution in [0.1, 0.15) is 11.3 Å². The first-order valence-electron chi connectivity index (χ1n) is 7.20. The van der Waals surface area contributed by atoms with Gasteiger partial charge in [-0.2, -0.15) is 0 Å². The summed E-state index contributed by atoms with van der Waals surface area (Å²) in [5, 5.41) is 2.53. The lowest BCUT2D eigenvalue weighted by molar-refractivity contribution is 0.809. The Labute approximate surface area is 123 Å². The van der Waals surface area contributed by atoms with Gasteiger partial charge in [0.1, 0.15) is 0 Å². The van der Waals surface area contributed by atoms with Crippen LogP contribution in [-0.2, 0) is 6.54 Å². The number of para-hydroxylation sites is 2. The summed E-state index contributed by atoms with van der Waals surface area (Å²) in [6.45, 7) is 3.05. The molecule has 2 heteroatoms. The van der Waals surface area contributed by atoms with Gasteiger partial charge in [0.05, 0.1) is 5.52 Å². The highest BCUT2D eigenvalue weighted by atomic mass is 15.0. The van der Waals surface area contributed by atoms with Gasteiger partial charge in [-0.25, -0.2) is 0 Å². The van der Waals surface area contributed by atoms with E-state index in [-0.39, 0.29) is 0 Å². The Morgan fingerprint density at radius 3 is 2.71 bits per heavy atom. The van der Waals surface area contributed by atoms with Crippen molar-refractivity contribution in [2.75, 3.05) is 0 Å². The van der Waals surface area contributed by atoms with Crippen molar-refractivity contribution in [2.24, 2.45) is 0 Å². The molecule has 0 saturated heterocycles. The molecule has 21 heavy (non-hydrogen) atoms. The van der Waals surface area contributed by atoms with Crippen molar-refractivity contribution in [3.05, 3.63) is 78.1 Å². The number of aryl methyl sites for hydroxylation is 1. The molecule has 0 spiro atoms. The van der Waals surface area contributed by atoms with E-state index in [9.17, 15) is 0 Å². The Balaban J connectivity index is 1.89. The second-order valence-electron chi connectivity index (χ2n) is 5.42. The smallest absolute Gasteiger partial charge is 0.0705 e. The molecule has 0 unspecified atom stereocenters. The van der Waals surface area contributed by atoms with Gasteiger partial charge in [0.15, 0.2) is 0 Å². The standard InChI is InChI=1S/C19H16N2/c1-14-12-15-6-2-5-9-19(15)21(14)13-16-10-11-20-18-8-4-3-7-17(16)18/h2-12H,13H2,1H3. The molecule has 4 aromatic rings. The van der Waals surface area contributed by atoms with E-state index in [0.29, 0.717) is 0 Å². The fraction of sp³-hybridized carbons (Fsp3) is 0.105. The molecule has 2 aromatic heterocycles. The van der Waals surface area contributed by atoms with Gasteiger partial charge >= 0.3 is 0 Å². The van der Waals surface area contributed by atoms with Gasteiger partial charge < -0.3 is 4.57 Å². The van der Waals surface area contributed by atoms with Gasteiger partial charge in [-0.1, -0.05) is 36.4 Å². The van der Waals surface area contributed by atoms with Crippen molar-refractivity contribution in [1.29, 1.82) is 0 Å². The maximum atomic E-state index is 4.45. The molecule has 0 fully saturated rings. The van der Waals surface area contributed by atoms with Gasteiger partial charge in [-0.05, 0) is 42.1 Å². The summed E-state index contributed by atoms with van der Waals surface area (Å²) in [5.41, 5.74) is 4.95. The number of hydrogen-bond donors (Lipinski definition) is 0. The molecule has 102 valence electrons. The fourth-order valence-electron chi connectivity index (χ4n) is 3.02. The molecule has 2 heterocycles. The first-order valence-corrected chi connectivity index (χ1v) is 7.20. The summed E-state index contributed by atoms with van der Waals surface area (Å²) in [5.74, 6) is 0. The second kappa shape index (κ2) is 4.74. The van der Waals surface area contributed by atoms with Gasteiger partial charge in [0, 0.05) is 29.3 Å². The summed E-state index contributed by atoms with van der Waals surface area (Å²) in [7, 11) is 0. The van der Waals surface area contributed by atoms with E-state index < -0.39 is 0 Å². The third-order valence-electron chi connectivity index (χ3n) is 4.09. The third-order valence-corrected chi connectivity index (χ3v) is 4.09. The van der Waals surface area contributed by atoms with Gasteiger partial charge in [0.25, 0.3) is 0 Å². The zero-order valence-corrected chi connectivity index (χ0v) is 12.0. The zero-order valence-electron chi connectivity index (χ0n) is 12.0. The first kappa shape index (κ1) is 12.2. The second-order valence-corrected chi connectivity index (χ2v) is 5.42. The van der Waals surface area contributed by atoms with Crippen molar-refractivity contribution in [3.8, 4) is 0 Å². The monoisotopic (exact) mass is 272 g/mol. The van der Waals surface area contributed by atoms with E-state index in [4.69, 9.17) is 0 Å². The normalized spacial score (nSPS) is 11.3. The number of pyridine rings is 1. The molecular formula is C19H16N2. The van der Waals surface area contributed by atoms with Crippen LogP contribution in [0.15, 0.2) is 66.9 Å². The molecule has 0 atom stereocenters. The van der Waals surface area contributed by atoms with Crippen LogP contribution in [-0.4, -0.2) is 9.55 Å². The molecule has 0 aliphatic heterocycles. The minimum atomic E-state index is 0.877. The third kappa shape index (κ3) is 2.00. The minimum Gasteiger partial charge on any atom is -0.340 e. The number of benzene rings is 2. The highest BCUT2D eigenvalue weighted by molar-refractivity contribution is 5.83. The van der Waals surface area contributed by atoms with Crippen LogP contribution in [0.2, 0.25) is 0 Å². The van der Waals surface area contributed by atoms with Crippen LogP contribution in [0.3, 0.4) is 0 Å². The fourth-order valence-corrected chi connectivity index (χ4v) is 3.02. The van der Waals surface area contributed by atoms with Crippen LogP contribution in [0.4, 0.5) is 0 Å². The predicted molar refractivity (Wildman–Crippen MR) is 87.5 cm³/mol. The van der Waals surface area contributed by atoms with Gasteiger partial charge in [-0.15, -0.1) is 0 Å². The maximum absolute atomic E-state index is 4.45. The van der Waals surface area contributed by atoms with Gasteiger partial charge in [-0.3, -0.25) is 4.98 Å². The number of aromatic nitrogens is 2. The lowest BCUT2D eigenvalue weighted by atomic mass is 10.1. The summed E-state index contributed by atoms with van der Waals surface area (Å²) < 4.78 is 2.37. The van der Waals surface area contributed by atoms with Crippen LogP contribution >= 0.6 is 0 Å². The topological polar surface area (TPSA) is 17.8 Å². The quantitative estimate of drug-likeness (QED) is 0.523. The van der Waals surface area contributed by atoms with Crippen molar-refractivity contribution < 1.29 is 0 Å². The molecule has 2 nitrogen and oxygen atoms in total. The Hall–Kier alpha value is -2.61. The molecule has 0 aliphatic rings.